The summed E-state index contributed by atoms with van der Waals surface area (Å²) in [5.41, 5.74) is 8.16. The lowest BCUT2D eigenvalue weighted by atomic mass is 9.93. The molecule has 140 valence electrons. The number of nitrogens with one attached hydrogen (secondary N) is 1. The van der Waals surface area contributed by atoms with Gasteiger partial charge in [-0.15, -0.1) is 0 Å². The number of nitrogens with two attached hydrogens (primary N) is 1. The van der Waals surface area contributed by atoms with Gasteiger partial charge in [0.05, 0.1) is 22.4 Å². The number of nitrogen functional groups attached to an aromatic ring is 1. The lowest BCUT2D eigenvalue weighted by molar-refractivity contribution is 0.126. The molecule has 1 aliphatic carbocycles. The highest BCUT2D eigenvalue weighted by Crippen LogP contribution is 2.33. The van der Waals surface area contributed by atoms with Gasteiger partial charge in [0, 0.05) is 22.8 Å². The van der Waals surface area contributed by atoms with Crippen LogP contribution < -0.4 is 11.1 Å². The Morgan fingerprint density at radius 1 is 1.11 bits per heavy atom. The summed E-state index contributed by atoms with van der Waals surface area (Å²) >= 11 is 7.83. The summed E-state index contributed by atoms with van der Waals surface area (Å²) in [5, 5.41) is 14.6. The van der Waals surface area contributed by atoms with Crippen molar-refractivity contribution in [3.05, 3.63) is 41.6 Å². The average molecular weight is 402 g/mol. The number of hydrogen-bond donors (Lipinski definition) is 3. The van der Waals surface area contributed by atoms with Crippen LogP contribution >= 0.6 is 22.9 Å². The number of thiazole rings is 1. The number of rotatable bonds is 4. The van der Waals surface area contributed by atoms with E-state index in [1.165, 1.54) is 11.3 Å². The quantitative estimate of drug-likeness (QED) is 0.605. The van der Waals surface area contributed by atoms with E-state index >= 15 is 0 Å². The number of aliphatic hydroxyl groups excluding tert-OH is 1. The predicted molar refractivity (Wildman–Crippen MR) is 110 cm³/mol. The average Bonchev–Trinajstić information content (AvgIpc) is 3.12. The fourth-order valence-electron chi connectivity index (χ4n) is 3.25. The van der Waals surface area contributed by atoms with Crippen LogP contribution in [0.3, 0.4) is 0 Å². The van der Waals surface area contributed by atoms with Gasteiger partial charge in [0.1, 0.15) is 0 Å². The van der Waals surface area contributed by atoms with Crippen LogP contribution in [-0.2, 0) is 0 Å². The molecule has 1 aliphatic rings. The molecule has 8 heteroatoms. The Morgan fingerprint density at radius 2 is 1.85 bits per heavy atom. The molecule has 0 amide bonds. The van der Waals surface area contributed by atoms with Gasteiger partial charge in [-0.25, -0.2) is 15.0 Å². The van der Waals surface area contributed by atoms with Crippen molar-refractivity contribution in [2.45, 2.75) is 37.8 Å². The molecule has 0 atom stereocenters. The van der Waals surface area contributed by atoms with Gasteiger partial charge in [-0.1, -0.05) is 41.1 Å². The molecule has 0 unspecified atom stereocenters. The normalized spacial score (nSPS) is 19.8. The lowest BCUT2D eigenvalue weighted by Gasteiger charge is -2.25. The van der Waals surface area contributed by atoms with Gasteiger partial charge in [-0.05, 0) is 37.8 Å². The topological polar surface area (TPSA) is 97.0 Å². The highest BCUT2D eigenvalue weighted by Gasteiger charge is 2.20. The Morgan fingerprint density at radius 3 is 2.63 bits per heavy atom. The molecule has 1 fully saturated rings. The van der Waals surface area contributed by atoms with Gasteiger partial charge in [-0.2, -0.15) is 0 Å². The first-order valence-electron chi connectivity index (χ1n) is 8.89. The molecule has 4 rings (SSSR count). The van der Waals surface area contributed by atoms with Gasteiger partial charge in [0.2, 0.25) is 5.95 Å². The highest BCUT2D eigenvalue weighted by atomic mass is 35.5. The molecule has 6 nitrogen and oxygen atoms in total. The summed E-state index contributed by atoms with van der Waals surface area (Å²) in [7, 11) is 0. The van der Waals surface area contributed by atoms with Gasteiger partial charge in [-0.3, -0.25) is 0 Å². The Labute approximate surface area is 166 Å². The third-order valence-electron chi connectivity index (χ3n) is 4.68. The van der Waals surface area contributed by atoms with Gasteiger partial charge >= 0.3 is 0 Å². The minimum absolute atomic E-state index is 0.165. The first-order chi connectivity index (χ1) is 13.1. The van der Waals surface area contributed by atoms with Crippen LogP contribution in [0.4, 0.5) is 11.1 Å². The molecule has 2 heterocycles. The van der Waals surface area contributed by atoms with E-state index < -0.39 is 0 Å². The van der Waals surface area contributed by atoms with Crippen molar-refractivity contribution in [1.82, 2.24) is 15.0 Å². The van der Waals surface area contributed by atoms with Crippen LogP contribution in [0.1, 0.15) is 25.7 Å². The molecule has 0 bridgehead atoms. The zero-order chi connectivity index (χ0) is 18.8. The fraction of sp³-hybridized carbons (Fsp3) is 0.316. The van der Waals surface area contributed by atoms with Gasteiger partial charge < -0.3 is 16.2 Å². The first kappa shape index (κ1) is 18.2. The molecule has 3 aromatic rings. The van der Waals surface area contributed by atoms with E-state index in [1.54, 1.807) is 6.20 Å². The van der Waals surface area contributed by atoms with Crippen LogP contribution in [0, 0.1) is 0 Å². The number of halogens is 1. The fourth-order valence-corrected chi connectivity index (χ4v) is 4.34. The van der Waals surface area contributed by atoms with E-state index in [-0.39, 0.29) is 12.1 Å². The molecular formula is C19H20ClN5OS. The number of benzene rings is 1. The molecule has 0 spiro atoms. The van der Waals surface area contributed by atoms with E-state index in [9.17, 15) is 5.11 Å². The summed E-state index contributed by atoms with van der Waals surface area (Å²) < 4.78 is 0. The largest absolute Gasteiger partial charge is 0.393 e. The SMILES string of the molecule is Nc1nc(-c2cnc(N[C@H]3CC[C@H](O)CC3)s2)cc(-c2ccccc2Cl)n1. The van der Waals surface area contributed by atoms with Crippen molar-refractivity contribution >= 4 is 34.0 Å². The van der Waals surface area contributed by atoms with Crippen LogP contribution in [0.5, 0.6) is 0 Å². The smallest absolute Gasteiger partial charge is 0.221 e. The molecule has 4 N–H and O–H groups in total. The number of hydrogen-bond acceptors (Lipinski definition) is 7. The van der Waals surface area contributed by atoms with Crippen molar-refractivity contribution in [2.75, 3.05) is 11.1 Å². The maximum Gasteiger partial charge on any atom is 0.221 e. The summed E-state index contributed by atoms with van der Waals surface area (Å²) in [6.07, 6.45) is 5.20. The molecule has 27 heavy (non-hydrogen) atoms. The molecular weight excluding hydrogens is 382 g/mol. The number of nitrogens with zero attached hydrogens (tertiary/aromatic N) is 3. The zero-order valence-electron chi connectivity index (χ0n) is 14.6. The molecule has 0 aliphatic heterocycles. The maximum atomic E-state index is 9.64. The Balaban J connectivity index is 1.57. The first-order valence-corrected chi connectivity index (χ1v) is 10.1. The van der Waals surface area contributed by atoms with Crippen LogP contribution in [0.25, 0.3) is 21.8 Å². The second-order valence-corrected chi connectivity index (χ2v) is 8.09. The van der Waals surface area contributed by atoms with Crippen LogP contribution in [0.2, 0.25) is 5.02 Å². The molecule has 0 saturated heterocycles. The second kappa shape index (κ2) is 7.80. The monoisotopic (exact) mass is 401 g/mol. The third-order valence-corrected chi connectivity index (χ3v) is 5.96. The summed E-state index contributed by atoms with van der Waals surface area (Å²) in [6.45, 7) is 0. The van der Waals surface area contributed by atoms with E-state index in [0.717, 1.165) is 46.9 Å². The predicted octanol–water partition coefficient (Wildman–Crippen LogP) is 4.22. The Kier molecular flexibility index (Phi) is 5.24. The van der Waals surface area contributed by atoms with Crippen LogP contribution in [0.15, 0.2) is 36.5 Å². The van der Waals surface area contributed by atoms with E-state index in [1.807, 2.05) is 30.3 Å². The van der Waals surface area contributed by atoms with E-state index in [4.69, 9.17) is 17.3 Å². The van der Waals surface area contributed by atoms with Crippen molar-refractivity contribution in [2.24, 2.45) is 0 Å². The zero-order valence-corrected chi connectivity index (χ0v) is 16.2. The number of anilines is 2. The van der Waals surface area contributed by atoms with E-state index in [2.05, 4.69) is 20.3 Å². The summed E-state index contributed by atoms with van der Waals surface area (Å²) in [5.74, 6) is 0.201. The summed E-state index contributed by atoms with van der Waals surface area (Å²) in [4.78, 5) is 14.1. The van der Waals surface area contributed by atoms with Crippen molar-refractivity contribution in [1.29, 1.82) is 0 Å². The van der Waals surface area contributed by atoms with E-state index in [0.29, 0.717) is 16.8 Å². The van der Waals surface area contributed by atoms with Gasteiger partial charge in [0.15, 0.2) is 5.13 Å². The Hall–Kier alpha value is -2.22. The van der Waals surface area contributed by atoms with Crippen LogP contribution in [-0.4, -0.2) is 32.2 Å². The number of aliphatic hydroxyl groups is 1. The minimum atomic E-state index is -0.165. The van der Waals surface area contributed by atoms with Crippen molar-refractivity contribution in [3.63, 3.8) is 0 Å². The number of aromatic nitrogens is 3. The third kappa shape index (κ3) is 4.21. The molecule has 1 aromatic carbocycles. The summed E-state index contributed by atoms with van der Waals surface area (Å²) in [6, 6.07) is 9.75. The lowest BCUT2D eigenvalue weighted by Crippen LogP contribution is -2.28. The standard InChI is InChI=1S/C19H20ClN5OS/c20-14-4-2-1-3-13(14)15-9-16(25-18(21)24-15)17-10-22-19(27-17)23-11-5-7-12(26)8-6-11/h1-4,9-12,26H,5-8H2,(H,22,23)(H2,21,24,25)/t11-,12-. The van der Waals surface area contributed by atoms with Crippen molar-refractivity contribution < 1.29 is 5.11 Å². The van der Waals surface area contributed by atoms with Crippen molar-refractivity contribution in [3.8, 4) is 21.8 Å². The van der Waals surface area contributed by atoms with Gasteiger partial charge in [0.25, 0.3) is 0 Å². The second-order valence-electron chi connectivity index (χ2n) is 6.66. The minimum Gasteiger partial charge on any atom is -0.393 e. The molecule has 2 aromatic heterocycles. The molecule has 1 saturated carbocycles. The Bertz CT molecular complexity index is 939. The highest BCUT2D eigenvalue weighted by molar-refractivity contribution is 7.18. The maximum absolute atomic E-state index is 9.64. The molecule has 0 radical (unpaired) electrons.